The number of pyridine rings is 1. The normalized spacial score (nSPS) is 14.2. The van der Waals surface area contributed by atoms with Gasteiger partial charge in [-0.15, -0.1) is 0 Å². The van der Waals surface area contributed by atoms with Crippen molar-refractivity contribution in [1.29, 1.82) is 0 Å². The maximum atomic E-state index is 12.5. The number of hydrogen-bond donors (Lipinski definition) is 1. The Morgan fingerprint density at radius 3 is 2.95 bits per heavy atom. The zero-order chi connectivity index (χ0) is 13.9. The van der Waals surface area contributed by atoms with E-state index in [9.17, 15) is 4.79 Å². The molecule has 0 spiro atoms. The molecule has 1 aliphatic carbocycles. The standard InChI is InChI=1S/C14H15BrN4O/c15-11-6-12(8-16-7-11)19(9-13-17-3-4-18-13)14(20)5-10-1-2-10/h3-4,6-8,10H,1-2,5,9H2,(H,17,18). The lowest BCUT2D eigenvalue weighted by molar-refractivity contribution is -0.119. The lowest BCUT2D eigenvalue weighted by Crippen LogP contribution is -2.31. The number of amides is 1. The van der Waals surface area contributed by atoms with Gasteiger partial charge in [0, 0.05) is 29.5 Å². The maximum absolute atomic E-state index is 12.5. The summed E-state index contributed by atoms with van der Waals surface area (Å²) in [4.78, 5) is 25.6. The van der Waals surface area contributed by atoms with Crippen LogP contribution in [0.2, 0.25) is 0 Å². The summed E-state index contributed by atoms with van der Waals surface area (Å²) in [6.45, 7) is 0.441. The first kappa shape index (κ1) is 13.3. The topological polar surface area (TPSA) is 61.9 Å². The zero-order valence-corrected chi connectivity index (χ0v) is 12.5. The van der Waals surface area contributed by atoms with Gasteiger partial charge in [0.25, 0.3) is 0 Å². The van der Waals surface area contributed by atoms with Gasteiger partial charge in [0.05, 0.1) is 18.4 Å². The van der Waals surface area contributed by atoms with Crippen molar-refractivity contribution in [2.45, 2.75) is 25.8 Å². The number of aromatic amines is 1. The zero-order valence-electron chi connectivity index (χ0n) is 10.9. The van der Waals surface area contributed by atoms with E-state index in [0.717, 1.165) is 28.8 Å². The molecular formula is C14H15BrN4O. The van der Waals surface area contributed by atoms with Gasteiger partial charge >= 0.3 is 0 Å². The van der Waals surface area contributed by atoms with E-state index in [4.69, 9.17) is 0 Å². The minimum Gasteiger partial charge on any atom is -0.347 e. The molecule has 0 saturated heterocycles. The summed E-state index contributed by atoms with van der Waals surface area (Å²) in [5.74, 6) is 1.46. The maximum Gasteiger partial charge on any atom is 0.227 e. The van der Waals surface area contributed by atoms with Crippen molar-refractivity contribution in [3.8, 4) is 0 Å². The molecule has 5 nitrogen and oxygen atoms in total. The van der Waals surface area contributed by atoms with Gasteiger partial charge in [0.1, 0.15) is 5.82 Å². The molecule has 1 fully saturated rings. The van der Waals surface area contributed by atoms with Gasteiger partial charge in [-0.2, -0.15) is 0 Å². The predicted octanol–water partition coefficient (Wildman–Crippen LogP) is 2.90. The van der Waals surface area contributed by atoms with Crippen LogP contribution in [0.3, 0.4) is 0 Å². The molecule has 2 aromatic rings. The Hall–Kier alpha value is -1.69. The van der Waals surface area contributed by atoms with E-state index < -0.39 is 0 Å². The highest BCUT2D eigenvalue weighted by molar-refractivity contribution is 9.10. The Morgan fingerprint density at radius 2 is 2.30 bits per heavy atom. The Kier molecular flexibility index (Phi) is 3.82. The van der Waals surface area contributed by atoms with Crippen molar-refractivity contribution < 1.29 is 4.79 Å². The number of carbonyl (C=O) groups excluding carboxylic acids is 1. The lowest BCUT2D eigenvalue weighted by atomic mass is 10.2. The van der Waals surface area contributed by atoms with E-state index in [1.54, 1.807) is 29.7 Å². The Balaban J connectivity index is 1.83. The first-order valence-corrected chi connectivity index (χ1v) is 7.41. The summed E-state index contributed by atoms with van der Waals surface area (Å²) in [5.41, 5.74) is 0.793. The molecule has 0 radical (unpaired) electrons. The third kappa shape index (κ3) is 3.25. The number of nitrogens with zero attached hydrogens (tertiary/aromatic N) is 3. The molecule has 1 aliphatic rings. The molecule has 0 atom stereocenters. The molecule has 3 rings (SSSR count). The lowest BCUT2D eigenvalue weighted by Gasteiger charge is -2.21. The van der Waals surface area contributed by atoms with Crippen molar-refractivity contribution in [1.82, 2.24) is 15.0 Å². The molecule has 6 heteroatoms. The third-order valence-corrected chi connectivity index (χ3v) is 3.76. The summed E-state index contributed by atoms with van der Waals surface area (Å²) in [5, 5.41) is 0. The van der Waals surface area contributed by atoms with Crippen LogP contribution in [0.1, 0.15) is 25.1 Å². The number of hydrogen-bond acceptors (Lipinski definition) is 3. The molecule has 2 aromatic heterocycles. The number of anilines is 1. The Labute approximate surface area is 125 Å². The molecule has 1 amide bonds. The Morgan fingerprint density at radius 1 is 1.45 bits per heavy atom. The summed E-state index contributed by atoms with van der Waals surface area (Å²) in [6.07, 6.45) is 9.80. The highest BCUT2D eigenvalue weighted by Crippen LogP contribution is 2.34. The van der Waals surface area contributed by atoms with Crippen LogP contribution < -0.4 is 4.90 Å². The molecule has 2 heterocycles. The van der Waals surface area contributed by atoms with E-state index in [2.05, 4.69) is 30.9 Å². The third-order valence-electron chi connectivity index (χ3n) is 3.33. The van der Waals surface area contributed by atoms with Gasteiger partial charge in [-0.1, -0.05) is 0 Å². The predicted molar refractivity (Wildman–Crippen MR) is 79.1 cm³/mol. The second kappa shape index (κ2) is 5.75. The molecule has 1 N–H and O–H groups in total. The van der Waals surface area contributed by atoms with E-state index in [1.165, 1.54) is 0 Å². The van der Waals surface area contributed by atoms with E-state index in [-0.39, 0.29) is 5.91 Å². The van der Waals surface area contributed by atoms with Crippen LogP contribution in [-0.4, -0.2) is 20.9 Å². The average molecular weight is 335 g/mol. The first-order chi connectivity index (χ1) is 9.72. The van der Waals surface area contributed by atoms with Gasteiger partial charge in [-0.3, -0.25) is 9.78 Å². The minimum absolute atomic E-state index is 0.129. The van der Waals surface area contributed by atoms with E-state index in [0.29, 0.717) is 18.9 Å². The van der Waals surface area contributed by atoms with E-state index in [1.807, 2.05) is 6.07 Å². The summed E-state index contributed by atoms with van der Waals surface area (Å²) >= 11 is 3.40. The van der Waals surface area contributed by atoms with Crippen LogP contribution >= 0.6 is 15.9 Å². The number of halogens is 1. The van der Waals surface area contributed by atoms with Crippen LogP contribution in [0.15, 0.2) is 35.3 Å². The summed E-state index contributed by atoms with van der Waals surface area (Å²) in [6, 6.07) is 1.90. The number of aromatic nitrogens is 3. The van der Waals surface area contributed by atoms with Gasteiger partial charge in [-0.05, 0) is 40.8 Å². The van der Waals surface area contributed by atoms with Crippen LogP contribution in [0, 0.1) is 5.92 Å². The number of nitrogens with one attached hydrogen (secondary N) is 1. The fourth-order valence-corrected chi connectivity index (χ4v) is 2.44. The molecule has 1 saturated carbocycles. The van der Waals surface area contributed by atoms with Crippen LogP contribution in [0.25, 0.3) is 0 Å². The van der Waals surface area contributed by atoms with Crippen molar-refractivity contribution in [3.05, 3.63) is 41.2 Å². The second-order valence-electron chi connectivity index (χ2n) is 5.02. The number of imidazole rings is 1. The quantitative estimate of drug-likeness (QED) is 0.914. The Bertz CT molecular complexity index is 595. The molecule has 0 unspecified atom stereocenters. The monoisotopic (exact) mass is 334 g/mol. The van der Waals surface area contributed by atoms with Gasteiger partial charge < -0.3 is 9.88 Å². The fourth-order valence-electron chi connectivity index (χ4n) is 2.09. The number of carbonyl (C=O) groups is 1. The van der Waals surface area contributed by atoms with Crippen molar-refractivity contribution in [3.63, 3.8) is 0 Å². The molecule has 0 bridgehead atoms. The van der Waals surface area contributed by atoms with Gasteiger partial charge in [-0.25, -0.2) is 4.98 Å². The SMILES string of the molecule is O=C(CC1CC1)N(Cc1ncc[nH]1)c1cncc(Br)c1. The van der Waals surface area contributed by atoms with Crippen LogP contribution in [0.5, 0.6) is 0 Å². The second-order valence-corrected chi connectivity index (χ2v) is 5.94. The first-order valence-electron chi connectivity index (χ1n) is 6.61. The number of rotatable bonds is 5. The van der Waals surface area contributed by atoms with Crippen LogP contribution in [-0.2, 0) is 11.3 Å². The summed E-state index contributed by atoms with van der Waals surface area (Å²) in [7, 11) is 0. The van der Waals surface area contributed by atoms with Crippen LogP contribution in [0.4, 0.5) is 5.69 Å². The molecule has 20 heavy (non-hydrogen) atoms. The molecule has 104 valence electrons. The molecule has 0 aliphatic heterocycles. The van der Waals surface area contributed by atoms with Crippen molar-refractivity contribution in [2.75, 3.05) is 4.90 Å². The molecular weight excluding hydrogens is 320 g/mol. The van der Waals surface area contributed by atoms with E-state index >= 15 is 0 Å². The number of H-pyrrole nitrogens is 1. The van der Waals surface area contributed by atoms with Gasteiger partial charge in [0.2, 0.25) is 5.91 Å². The minimum atomic E-state index is 0.129. The largest absolute Gasteiger partial charge is 0.347 e. The fraction of sp³-hybridized carbons (Fsp3) is 0.357. The average Bonchev–Trinajstić information content (AvgIpc) is 3.09. The smallest absolute Gasteiger partial charge is 0.227 e. The summed E-state index contributed by atoms with van der Waals surface area (Å²) < 4.78 is 0.860. The van der Waals surface area contributed by atoms with Crippen molar-refractivity contribution >= 4 is 27.5 Å². The van der Waals surface area contributed by atoms with Crippen molar-refractivity contribution in [2.24, 2.45) is 5.92 Å². The highest BCUT2D eigenvalue weighted by Gasteiger charge is 2.28. The highest BCUT2D eigenvalue weighted by atomic mass is 79.9. The molecule has 0 aromatic carbocycles. The van der Waals surface area contributed by atoms with Gasteiger partial charge in [0.15, 0.2) is 0 Å².